The number of hydrogen-bond donors (Lipinski definition) is 1. The van der Waals surface area contributed by atoms with E-state index in [1.54, 1.807) is 0 Å². The van der Waals surface area contributed by atoms with Gasteiger partial charge in [0.15, 0.2) is 0 Å². The van der Waals surface area contributed by atoms with Gasteiger partial charge in [0.05, 0.1) is 5.02 Å². The molecule has 0 spiro atoms. The minimum absolute atomic E-state index is 0. The zero-order valence-electron chi connectivity index (χ0n) is 10.4. The highest BCUT2D eigenvalue weighted by Crippen LogP contribution is 2.35. The van der Waals surface area contributed by atoms with Gasteiger partial charge in [0.25, 0.3) is 0 Å². The van der Waals surface area contributed by atoms with E-state index in [2.05, 4.69) is 34.5 Å². The summed E-state index contributed by atoms with van der Waals surface area (Å²) in [6.07, 6.45) is 0. The number of fused-ring (bicyclic) bond motifs is 1. The largest absolute Gasteiger partial charge is 0.314 e. The van der Waals surface area contributed by atoms with Crippen molar-refractivity contribution in [2.75, 3.05) is 26.2 Å². The number of hydrogen-bond acceptors (Lipinski definition) is 3. The summed E-state index contributed by atoms with van der Waals surface area (Å²) < 4.78 is 1.29. The molecule has 1 aromatic heterocycles. The molecule has 1 N–H and O–H groups in total. The molecule has 2 aromatic rings. The van der Waals surface area contributed by atoms with E-state index >= 15 is 0 Å². The Morgan fingerprint density at radius 3 is 2.53 bits per heavy atom. The summed E-state index contributed by atoms with van der Waals surface area (Å²) in [5.74, 6) is 0. The second-order valence-electron chi connectivity index (χ2n) is 4.36. The maximum absolute atomic E-state index is 6.44. The minimum Gasteiger partial charge on any atom is -0.314 e. The standard InChI is InChI=1S/C13H15ClN2S.2ClH/c14-13-10-3-1-2-4-11(10)17-12(13)9-16-7-5-15-6-8-16;;/h1-4,15H,5-9H2;2*1H. The lowest BCUT2D eigenvalue weighted by atomic mass is 10.2. The van der Waals surface area contributed by atoms with Crippen molar-refractivity contribution in [2.24, 2.45) is 0 Å². The second kappa shape index (κ2) is 7.67. The third kappa shape index (κ3) is 3.75. The molecule has 2 heterocycles. The van der Waals surface area contributed by atoms with Gasteiger partial charge in [0.1, 0.15) is 0 Å². The number of nitrogens with zero attached hydrogens (tertiary/aromatic N) is 1. The highest BCUT2D eigenvalue weighted by molar-refractivity contribution is 7.19. The van der Waals surface area contributed by atoms with Crippen LogP contribution < -0.4 is 5.32 Å². The van der Waals surface area contributed by atoms with Crippen LogP contribution in [0.2, 0.25) is 5.02 Å². The molecule has 0 bridgehead atoms. The molecule has 1 aliphatic rings. The molecule has 6 heteroatoms. The molecule has 0 saturated carbocycles. The Hall–Kier alpha value is -0.0300. The van der Waals surface area contributed by atoms with E-state index in [-0.39, 0.29) is 24.8 Å². The first kappa shape index (κ1) is 17.0. The van der Waals surface area contributed by atoms with Gasteiger partial charge in [-0.1, -0.05) is 29.8 Å². The van der Waals surface area contributed by atoms with Gasteiger partial charge in [0.2, 0.25) is 0 Å². The normalized spacial score (nSPS) is 15.8. The molecular weight excluding hydrogens is 323 g/mol. The number of rotatable bonds is 2. The van der Waals surface area contributed by atoms with Crippen LogP contribution in [0, 0.1) is 0 Å². The Morgan fingerprint density at radius 1 is 1.16 bits per heavy atom. The van der Waals surface area contributed by atoms with Crippen LogP contribution in [0.1, 0.15) is 4.88 Å². The molecule has 19 heavy (non-hydrogen) atoms. The quantitative estimate of drug-likeness (QED) is 0.895. The van der Waals surface area contributed by atoms with Gasteiger partial charge in [-0.3, -0.25) is 4.90 Å². The van der Waals surface area contributed by atoms with Gasteiger partial charge in [-0.15, -0.1) is 36.2 Å². The molecule has 2 nitrogen and oxygen atoms in total. The van der Waals surface area contributed by atoms with Crippen LogP contribution in [-0.2, 0) is 6.54 Å². The van der Waals surface area contributed by atoms with Crippen LogP contribution in [0.3, 0.4) is 0 Å². The van der Waals surface area contributed by atoms with Crippen molar-refractivity contribution in [1.29, 1.82) is 0 Å². The van der Waals surface area contributed by atoms with Gasteiger partial charge < -0.3 is 5.32 Å². The van der Waals surface area contributed by atoms with Crippen LogP contribution in [0.15, 0.2) is 24.3 Å². The first-order valence-corrected chi connectivity index (χ1v) is 7.13. The summed E-state index contributed by atoms with van der Waals surface area (Å²) in [7, 11) is 0. The van der Waals surface area contributed by atoms with E-state index in [1.807, 2.05) is 11.3 Å². The van der Waals surface area contributed by atoms with E-state index in [0.717, 1.165) is 37.7 Å². The topological polar surface area (TPSA) is 15.3 Å². The van der Waals surface area contributed by atoms with Crippen molar-refractivity contribution in [3.8, 4) is 0 Å². The fraction of sp³-hybridized carbons (Fsp3) is 0.385. The molecule has 0 unspecified atom stereocenters. The molecule has 1 aromatic carbocycles. The zero-order valence-corrected chi connectivity index (χ0v) is 13.6. The summed E-state index contributed by atoms with van der Waals surface area (Å²) in [5.41, 5.74) is 0. The summed E-state index contributed by atoms with van der Waals surface area (Å²) in [6, 6.07) is 8.38. The van der Waals surface area contributed by atoms with Crippen LogP contribution >= 0.6 is 47.8 Å². The highest BCUT2D eigenvalue weighted by atomic mass is 35.5. The van der Waals surface area contributed by atoms with Gasteiger partial charge in [-0.2, -0.15) is 0 Å². The first-order chi connectivity index (χ1) is 8.34. The Bertz CT molecular complexity index is 524. The van der Waals surface area contributed by atoms with Crippen molar-refractivity contribution >= 4 is 57.8 Å². The molecule has 0 aliphatic carbocycles. The number of nitrogens with one attached hydrogen (secondary N) is 1. The van der Waals surface area contributed by atoms with Crippen molar-refractivity contribution < 1.29 is 0 Å². The maximum atomic E-state index is 6.44. The molecule has 0 radical (unpaired) electrons. The van der Waals surface area contributed by atoms with Crippen LogP contribution in [0.5, 0.6) is 0 Å². The molecule has 1 saturated heterocycles. The summed E-state index contributed by atoms with van der Waals surface area (Å²) in [5, 5.41) is 5.52. The van der Waals surface area contributed by atoms with E-state index in [0.29, 0.717) is 0 Å². The second-order valence-corrected chi connectivity index (χ2v) is 5.88. The third-order valence-electron chi connectivity index (χ3n) is 3.18. The molecule has 0 amide bonds. The molecule has 3 rings (SSSR count). The lowest BCUT2D eigenvalue weighted by molar-refractivity contribution is 0.235. The molecular formula is C13H17Cl3N2S. The summed E-state index contributed by atoms with van der Waals surface area (Å²) in [4.78, 5) is 3.77. The Labute approximate surface area is 134 Å². The van der Waals surface area contributed by atoms with Crippen molar-refractivity contribution in [3.63, 3.8) is 0 Å². The van der Waals surface area contributed by atoms with Gasteiger partial charge in [0, 0.05) is 47.7 Å². The zero-order chi connectivity index (χ0) is 11.7. The molecule has 1 fully saturated rings. The van der Waals surface area contributed by atoms with Crippen molar-refractivity contribution in [2.45, 2.75) is 6.54 Å². The SMILES string of the molecule is Cl.Cl.Clc1c(CN2CCNCC2)sc2ccccc12. The van der Waals surface area contributed by atoms with E-state index < -0.39 is 0 Å². The Kier molecular flexibility index (Phi) is 6.87. The highest BCUT2D eigenvalue weighted by Gasteiger charge is 2.15. The number of piperazine rings is 1. The summed E-state index contributed by atoms with van der Waals surface area (Å²) >= 11 is 8.27. The lowest BCUT2D eigenvalue weighted by Crippen LogP contribution is -2.42. The first-order valence-electron chi connectivity index (χ1n) is 5.93. The lowest BCUT2D eigenvalue weighted by Gasteiger charge is -2.26. The smallest absolute Gasteiger partial charge is 0.0637 e. The van der Waals surface area contributed by atoms with Crippen molar-refractivity contribution in [1.82, 2.24) is 10.2 Å². The average Bonchev–Trinajstić information content (AvgIpc) is 2.68. The predicted molar refractivity (Wildman–Crippen MR) is 89.5 cm³/mol. The number of benzene rings is 1. The van der Waals surface area contributed by atoms with E-state index in [4.69, 9.17) is 11.6 Å². The maximum Gasteiger partial charge on any atom is 0.0637 e. The number of halogens is 3. The van der Waals surface area contributed by atoms with Gasteiger partial charge in [-0.05, 0) is 6.07 Å². The molecule has 106 valence electrons. The fourth-order valence-corrected chi connectivity index (χ4v) is 3.77. The van der Waals surface area contributed by atoms with Crippen LogP contribution in [0.4, 0.5) is 0 Å². The van der Waals surface area contributed by atoms with E-state index in [9.17, 15) is 0 Å². The molecule has 1 aliphatic heterocycles. The average molecular weight is 340 g/mol. The monoisotopic (exact) mass is 338 g/mol. The van der Waals surface area contributed by atoms with Crippen LogP contribution in [-0.4, -0.2) is 31.1 Å². The van der Waals surface area contributed by atoms with Gasteiger partial charge >= 0.3 is 0 Å². The summed E-state index contributed by atoms with van der Waals surface area (Å²) in [6.45, 7) is 5.39. The van der Waals surface area contributed by atoms with E-state index in [1.165, 1.54) is 15.0 Å². The minimum atomic E-state index is 0. The Morgan fingerprint density at radius 2 is 1.84 bits per heavy atom. The third-order valence-corrected chi connectivity index (χ3v) is 4.88. The van der Waals surface area contributed by atoms with Crippen molar-refractivity contribution in [3.05, 3.63) is 34.2 Å². The molecule has 0 atom stereocenters. The fourth-order valence-electron chi connectivity index (χ4n) is 2.24. The predicted octanol–water partition coefficient (Wildman–Crippen LogP) is 3.80. The van der Waals surface area contributed by atoms with Gasteiger partial charge in [-0.25, -0.2) is 0 Å². The van der Waals surface area contributed by atoms with Crippen LogP contribution in [0.25, 0.3) is 10.1 Å². The Balaban J connectivity index is 0.000000902. The number of thiophene rings is 1.